The molecule has 0 saturated heterocycles. The van der Waals surface area contributed by atoms with E-state index >= 15 is 0 Å². The lowest BCUT2D eigenvalue weighted by atomic mass is 10.2. The molecule has 6 nitrogen and oxygen atoms in total. The van der Waals surface area contributed by atoms with Gasteiger partial charge in [0, 0.05) is 22.7 Å². The van der Waals surface area contributed by atoms with E-state index in [2.05, 4.69) is 25.5 Å². The molecule has 0 aliphatic rings. The van der Waals surface area contributed by atoms with Crippen molar-refractivity contribution in [1.82, 2.24) is 20.2 Å². The van der Waals surface area contributed by atoms with Gasteiger partial charge < -0.3 is 5.32 Å². The summed E-state index contributed by atoms with van der Waals surface area (Å²) in [6.07, 6.45) is 3.44. The third-order valence-corrected chi connectivity index (χ3v) is 4.19. The summed E-state index contributed by atoms with van der Waals surface area (Å²) in [5.74, 6) is -0.248. The first-order chi connectivity index (χ1) is 11.3. The molecule has 0 radical (unpaired) electrons. The van der Waals surface area contributed by atoms with E-state index in [1.54, 1.807) is 17.8 Å². The summed E-state index contributed by atoms with van der Waals surface area (Å²) in [5, 5.41) is 13.1. The molecule has 2 N–H and O–H groups in total. The van der Waals surface area contributed by atoms with Crippen LogP contribution in [0.5, 0.6) is 0 Å². The Kier molecular flexibility index (Phi) is 3.32. The largest absolute Gasteiger partial charge is 0.321 e. The molecular weight excluding hydrogens is 310 g/mol. The predicted molar refractivity (Wildman–Crippen MR) is 89.4 cm³/mol. The van der Waals surface area contributed by atoms with Gasteiger partial charge in [0.25, 0.3) is 5.91 Å². The van der Waals surface area contributed by atoms with Crippen LogP contribution < -0.4 is 5.32 Å². The number of rotatable bonds is 3. The highest BCUT2D eigenvalue weighted by molar-refractivity contribution is 7.13. The number of thiazole rings is 1. The van der Waals surface area contributed by atoms with Crippen molar-refractivity contribution in [3.8, 4) is 10.7 Å². The maximum atomic E-state index is 12.3. The number of hydrogen-bond acceptors (Lipinski definition) is 5. The number of pyridine rings is 1. The monoisotopic (exact) mass is 321 g/mol. The van der Waals surface area contributed by atoms with Crippen LogP contribution in [0.1, 0.15) is 10.5 Å². The van der Waals surface area contributed by atoms with Crippen LogP contribution in [0.25, 0.3) is 21.6 Å². The first-order valence-electron chi connectivity index (χ1n) is 6.91. The Balaban J connectivity index is 1.56. The predicted octanol–water partition coefficient (Wildman–Crippen LogP) is 3.33. The van der Waals surface area contributed by atoms with Crippen LogP contribution in [-0.2, 0) is 0 Å². The highest BCUT2D eigenvalue weighted by atomic mass is 32.1. The third kappa shape index (κ3) is 2.69. The molecule has 3 aromatic heterocycles. The number of hydrogen-bond donors (Lipinski definition) is 2. The summed E-state index contributed by atoms with van der Waals surface area (Å²) >= 11 is 1.39. The smallest absolute Gasteiger partial charge is 0.275 e. The molecule has 0 aliphatic carbocycles. The molecule has 1 aromatic carbocycles. The van der Waals surface area contributed by atoms with Gasteiger partial charge in [-0.2, -0.15) is 5.10 Å². The summed E-state index contributed by atoms with van der Waals surface area (Å²) in [5.41, 5.74) is 2.70. The Hall–Kier alpha value is -3.06. The quantitative estimate of drug-likeness (QED) is 0.606. The van der Waals surface area contributed by atoms with E-state index in [9.17, 15) is 4.79 Å². The van der Waals surface area contributed by atoms with Gasteiger partial charge in [-0.25, -0.2) is 4.98 Å². The second-order valence-corrected chi connectivity index (χ2v) is 5.74. The van der Waals surface area contributed by atoms with Gasteiger partial charge in [-0.05, 0) is 30.3 Å². The Bertz CT molecular complexity index is 976. The van der Waals surface area contributed by atoms with Gasteiger partial charge in [0.05, 0.1) is 17.4 Å². The highest BCUT2D eigenvalue weighted by Crippen LogP contribution is 2.22. The molecular formula is C16H11N5OS. The van der Waals surface area contributed by atoms with Gasteiger partial charge in [-0.1, -0.05) is 6.07 Å². The molecule has 0 bridgehead atoms. The van der Waals surface area contributed by atoms with Gasteiger partial charge in [0.1, 0.15) is 10.7 Å². The van der Waals surface area contributed by atoms with Gasteiger partial charge in [0.2, 0.25) is 0 Å². The molecule has 1 amide bonds. The lowest BCUT2D eigenvalue weighted by molar-refractivity contribution is 0.102. The summed E-state index contributed by atoms with van der Waals surface area (Å²) in [4.78, 5) is 20.9. The van der Waals surface area contributed by atoms with Gasteiger partial charge in [-0.15, -0.1) is 11.3 Å². The average molecular weight is 321 g/mol. The normalized spacial score (nSPS) is 10.8. The van der Waals surface area contributed by atoms with Crippen molar-refractivity contribution in [3.05, 3.63) is 59.9 Å². The molecule has 3 heterocycles. The minimum absolute atomic E-state index is 0.248. The fourth-order valence-corrected chi connectivity index (χ4v) is 2.97. The zero-order valence-electron chi connectivity index (χ0n) is 11.9. The van der Waals surface area contributed by atoms with Crippen molar-refractivity contribution >= 4 is 33.8 Å². The maximum Gasteiger partial charge on any atom is 0.275 e. The molecule has 0 unspecified atom stereocenters. The number of nitrogens with zero attached hydrogens (tertiary/aromatic N) is 3. The molecule has 112 valence electrons. The number of anilines is 1. The molecule has 7 heteroatoms. The summed E-state index contributed by atoms with van der Waals surface area (Å²) < 4.78 is 0. The van der Waals surface area contributed by atoms with Crippen LogP contribution in [-0.4, -0.2) is 26.1 Å². The van der Waals surface area contributed by atoms with Crippen molar-refractivity contribution in [2.75, 3.05) is 5.32 Å². The van der Waals surface area contributed by atoms with Crippen molar-refractivity contribution in [2.24, 2.45) is 0 Å². The number of amides is 1. The minimum atomic E-state index is -0.248. The minimum Gasteiger partial charge on any atom is -0.321 e. The standard InChI is InChI=1S/C16H11N5OS/c22-15(19-11-5-4-10-8-18-21-13(10)7-11)14-9-23-16(20-14)12-3-1-2-6-17-12/h1-9H,(H,18,21)(H,19,22). The van der Waals surface area contributed by atoms with Crippen LogP contribution in [0.15, 0.2) is 54.2 Å². The van der Waals surface area contributed by atoms with Crippen LogP contribution >= 0.6 is 11.3 Å². The van der Waals surface area contributed by atoms with Crippen LogP contribution in [0.3, 0.4) is 0 Å². The van der Waals surface area contributed by atoms with Gasteiger partial charge >= 0.3 is 0 Å². The highest BCUT2D eigenvalue weighted by Gasteiger charge is 2.13. The molecule has 23 heavy (non-hydrogen) atoms. The molecule has 0 saturated carbocycles. The van der Waals surface area contributed by atoms with E-state index in [-0.39, 0.29) is 5.91 Å². The molecule has 0 aliphatic heterocycles. The fraction of sp³-hybridized carbons (Fsp3) is 0. The van der Waals surface area contributed by atoms with Crippen LogP contribution in [0, 0.1) is 0 Å². The van der Waals surface area contributed by atoms with Crippen molar-refractivity contribution in [2.45, 2.75) is 0 Å². The number of fused-ring (bicyclic) bond motifs is 1. The van der Waals surface area contributed by atoms with Crippen LogP contribution in [0.4, 0.5) is 5.69 Å². The first-order valence-corrected chi connectivity index (χ1v) is 7.79. The zero-order valence-corrected chi connectivity index (χ0v) is 12.7. The van der Waals surface area contributed by atoms with Crippen molar-refractivity contribution < 1.29 is 4.79 Å². The number of aromatic amines is 1. The van der Waals surface area contributed by atoms with E-state index in [0.29, 0.717) is 11.4 Å². The van der Waals surface area contributed by atoms with Crippen molar-refractivity contribution in [3.63, 3.8) is 0 Å². The SMILES string of the molecule is O=C(Nc1ccc2cn[nH]c2c1)c1csc(-c2ccccn2)n1. The molecule has 0 spiro atoms. The van der Waals surface area contributed by atoms with Gasteiger partial charge in [-0.3, -0.25) is 14.9 Å². The summed E-state index contributed by atoms with van der Waals surface area (Å²) in [7, 11) is 0. The fourth-order valence-electron chi connectivity index (χ4n) is 2.19. The van der Waals surface area contributed by atoms with E-state index in [4.69, 9.17) is 0 Å². The maximum absolute atomic E-state index is 12.3. The lowest BCUT2D eigenvalue weighted by Crippen LogP contribution is -2.12. The van der Waals surface area contributed by atoms with E-state index in [1.807, 2.05) is 36.4 Å². The number of carbonyl (C=O) groups is 1. The number of benzene rings is 1. The summed E-state index contributed by atoms with van der Waals surface area (Å²) in [6.45, 7) is 0. The van der Waals surface area contributed by atoms with E-state index < -0.39 is 0 Å². The van der Waals surface area contributed by atoms with Gasteiger partial charge in [0.15, 0.2) is 0 Å². The lowest BCUT2D eigenvalue weighted by Gasteiger charge is -2.03. The Morgan fingerprint density at radius 3 is 3.04 bits per heavy atom. The summed E-state index contributed by atoms with van der Waals surface area (Å²) in [6, 6.07) is 11.2. The van der Waals surface area contributed by atoms with E-state index in [0.717, 1.165) is 21.6 Å². The topological polar surface area (TPSA) is 83.6 Å². The Labute approximate surface area is 135 Å². The van der Waals surface area contributed by atoms with Crippen LogP contribution in [0.2, 0.25) is 0 Å². The second-order valence-electron chi connectivity index (χ2n) is 4.88. The molecule has 4 aromatic rings. The van der Waals surface area contributed by atoms with Crippen molar-refractivity contribution in [1.29, 1.82) is 0 Å². The second kappa shape index (κ2) is 5.62. The molecule has 4 rings (SSSR count). The average Bonchev–Trinajstić information content (AvgIpc) is 3.24. The Morgan fingerprint density at radius 2 is 2.17 bits per heavy atom. The Morgan fingerprint density at radius 1 is 1.22 bits per heavy atom. The zero-order chi connectivity index (χ0) is 15.6. The first kappa shape index (κ1) is 13.6. The number of aromatic nitrogens is 4. The molecule has 0 fully saturated rings. The number of carbonyl (C=O) groups excluding carboxylic acids is 1. The number of nitrogens with one attached hydrogen (secondary N) is 2. The molecule has 0 atom stereocenters. The third-order valence-electron chi connectivity index (χ3n) is 3.32. The van der Waals surface area contributed by atoms with E-state index in [1.165, 1.54) is 11.3 Å². The number of H-pyrrole nitrogens is 1.